The van der Waals surface area contributed by atoms with Gasteiger partial charge in [-0.2, -0.15) is 0 Å². The molecular formula is C37H23ClS. The van der Waals surface area contributed by atoms with E-state index in [9.17, 15) is 0 Å². The van der Waals surface area contributed by atoms with E-state index in [1.807, 2.05) is 17.4 Å². The fourth-order valence-electron chi connectivity index (χ4n) is 6.56. The minimum atomic E-state index is -0.413. The lowest BCUT2D eigenvalue weighted by Gasteiger charge is -2.34. The fourth-order valence-corrected chi connectivity index (χ4v) is 7.81. The summed E-state index contributed by atoms with van der Waals surface area (Å²) >= 11 is 8.50. The molecule has 0 radical (unpaired) electrons. The van der Waals surface area contributed by atoms with Crippen molar-refractivity contribution in [2.24, 2.45) is 0 Å². The number of thiophene rings is 1. The number of hydrogen-bond donors (Lipinski definition) is 0. The quantitative estimate of drug-likeness (QED) is 0.211. The van der Waals surface area contributed by atoms with Crippen molar-refractivity contribution in [2.75, 3.05) is 0 Å². The fraction of sp³-hybridized carbons (Fsp3) is 0.0270. The molecule has 0 atom stereocenters. The lowest BCUT2D eigenvalue weighted by atomic mass is 9.67. The largest absolute Gasteiger partial charge is 0.135 e. The van der Waals surface area contributed by atoms with Gasteiger partial charge in [0.2, 0.25) is 0 Å². The standard InChI is InChI=1S/C37H23ClS/c38-28-17-19-34-31(23-28)30-21-24(25-16-20-36-32(22-25)29-13-7-8-14-35(29)39-36)15-18-33(30)37(34,26-9-3-1-4-10-26)27-11-5-2-6-12-27/h1-23H. The highest BCUT2D eigenvalue weighted by atomic mass is 35.5. The average Bonchev–Trinajstić information content (AvgIpc) is 3.51. The summed E-state index contributed by atoms with van der Waals surface area (Å²) in [7, 11) is 0. The predicted molar refractivity (Wildman–Crippen MR) is 167 cm³/mol. The van der Waals surface area contributed by atoms with Gasteiger partial charge in [0.25, 0.3) is 0 Å². The maximum atomic E-state index is 6.64. The number of fused-ring (bicyclic) bond motifs is 6. The van der Waals surface area contributed by atoms with Crippen molar-refractivity contribution in [3.8, 4) is 22.3 Å². The van der Waals surface area contributed by atoms with Gasteiger partial charge in [-0.1, -0.05) is 115 Å². The molecule has 0 N–H and O–H groups in total. The van der Waals surface area contributed by atoms with Crippen LogP contribution >= 0.6 is 22.9 Å². The van der Waals surface area contributed by atoms with Crippen LogP contribution in [0.2, 0.25) is 5.02 Å². The second-order valence-corrected chi connectivity index (χ2v) is 11.8. The third kappa shape index (κ3) is 3.31. The maximum absolute atomic E-state index is 6.64. The third-order valence-electron chi connectivity index (χ3n) is 8.22. The molecule has 8 rings (SSSR count). The van der Waals surface area contributed by atoms with E-state index in [0.717, 1.165) is 5.02 Å². The van der Waals surface area contributed by atoms with Gasteiger partial charge in [-0.3, -0.25) is 0 Å². The van der Waals surface area contributed by atoms with Gasteiger partial charge in [-0.05, 0) is 80.9 Å². The summed E-state index contributed by atoms with van der Waals surface area (Å²) in [5.74, 6) is 0. The topological polar surface area (TPSA) is 0 Å². The summed E-state index contributed by atoms with van der Waals surface area (Å²) in [5, 5.41) is 3.40. The Morgan fingerprint density at radius 2 is 1.03 bits per heavy atom. The van der Waals surface area contributed by atoms with E-state index < -0.39 is 5.41 Å². The second-order valence-electron chi connectivity index (χ2n) is 10.2. The number of rotatable bonds is 3. The van der Waals surface area contributed by atoms with Crippen molar-refractivity contribution >= 4 is 43.1 Å². The van der Waals surface area contributed by atoms with E-state index in [-0.39, 0.29) is 0 Å². The van der Waals surface area contributed by atoms with Crippen LogP contribution in [0.1, 0.15) is 22.3 Å². The molecule has 1 aliphatic carbocycles. The Hall–Kier alpha value is -4.17. The van der Waals surface area contributed by atoms with Crippen molar-refractivity contribution in [2.45, 2.75) is 5.41 Å². The molecule has 39 heavy (non-hydrogen) atoms. The third-order valence-corrected chi connectivity index (χ3v) is 9.61. The normalized spacial score (nSPS) is 13.5. The van der Waals surface area contributed by atoms with Crippen molar-refractivity contribution in [1.29, 1.82) is 0 Å². The number of benzene rings is 6. The van der Waals surface area contributed by atoms with Gasteiger partial charge >= 0.3 is 0 Å². The van der Waals surface area contributed by atoms with E-state index in [1.54, 1.807) is 0 Å². The Kier molecular flexibility index (Phi) is 5.07. The van der Waals surface area contributed by atoms with Crippen LogP contribution in [0, 0.1) is 0 Å². The molecular weight excluding hydrogens is 512 g/mol. The highest BCUT2D eigenvalue weighted by Crippen LogP contribution is 2.57. The molecule has 7 aromatic rings. The van der Waals surface area contributed by atoms with E-state index in [4.69, 9.17) is 11.6 Å². The van der Waals surface area contributed by atoms with Gasteiger partial charge in [0.05, 0.1) is 5.41 Å². The Balaban J connectivity index is 1.41. The monoisotopic (exact) mass is 534 g/mol. The van der Waals surface area contributed by atoms with Crippen LogP contribution in [0.3, 0.4) is 0 Å². The predicted octanol–water partition coefficient (Wildman–Crippen LogP) is 10.7. The zero-order valence-corrected chi connectivity index (χ0v) is 22.6. The molecule has 0 saturated heterocycles. The molecule has 1 aromatic heterocycles. The van der Waals surface area contributed by atoms with Crippen LogP contribution in [0.25, 0.3) is 42.4 Å². The molecule has 1 aliphatic rings. The maximum Gasteiger partial charge on any atom is 0.0713 e. The van der Waals surface area contributed by atoms with Crippen molar-refractivity contribution in [1.82, 2.24) is 0 Å². The van der Waals surface area contributed by atoms with Gasteiger partial charge in [0.1, 0.15) is 0 Å². The molecule has 0 aliphatic heterocycles. The molecule has 184 valence electrons. The van der Waals surface area contributed by atoms with Crippen LogP contribution in [0.15, 0.2) is 140 Å². The summed E-state index contributed by atoms with van der Waals surface area (Å²) in [4.78, 5) is 0. The van der Waals surface area contributed by atoms with Crippen molar-refractivity contribution < 1.29 is 0 Å². The molecule has 6 aromatic carbocycles. The Labute approximate surface area is 236 Å². The smallest absolute Gasteiger partial charge is 0.0713 e. The molecule has 0 fully saturated rings. The molecule has 0 bridgehead atoms. The summed E-state index contributed by atoms with van der Waals surface area (Å²) in [6.07, 6.45) is 0. The van der Waals surface area contributed by atoms with Gasteiger partial charge in [0, 0.05) is 25.2 Å². The van der Waals surface area contributed by atoms with Gasteiger partial charge in [-0.15, -0.1) is 11.3 Å². The van der Waals surface area contributed by atoms with E-state index in [1.165, 1.54) is 64.7 Å². The van der Waals surface area contributed by atoms with Crippen molar-refractivity contribution in [3.05, 3.63) is 167 Å². The summed E-state index contributed by atoms with van der Waals surface area (Å²) < 4.78 is 2.66. The minimum Gasteiger partial charge on any atom is -0.135 e. The molecule has 0 spiro atoms. The van der Waals surface area contributed by atoms with Crippen LogP contribution in [-0.2, 0) is 5.41 Å². The number of halogens is 1. The van der Waals surface area contributed by atoms with E-state index in [2.05, 4.69) is 133 Å². The molecule has 0 unspecified atom stereocenters. The number of hydrogen-bond acceptors (Lipinski definition) is 1. The molecule has 1 heterocycles. The minimum absolute atomic E-state index is 0.413. The first-order valence-corrected chi connectivity index (χ1v) is 14.4. The SMILES string of the molecule is Clc1ccc2c(c1)-c1cc(-c3ccc4sc5ccccc5c4c3)ccc1C2(c1ccccc1)c1ccccc1. The Morgan fingerprint density at radius 1 is 0.462 bits per heavy atom. The second kappa shape index (κ2) is 8.68. The highest BCUT2D eigenvalue weighted by Gasteiger charge is 2.46. The molecule has 0 saturated carbocycles. The van der Waals surface area contributed by atoms with E-state index in [0.29, 0.717) is 0 Å². The molecule has 2 heteroatoms. The van der Waals surface area contributed by atoms with Crippen molar-refractivity contribution in [3.63, 3.8) is 0 Å². The first-order chi connectivity index (χ1) is 19.2. The highest BCUT2D eigenvalue weighted by molar-refractivity contribution is 7.25. The van der Waals surface area contributed by atoms with Gasteiger partial charge < -0.3 is 0 Å². The van der Waals surface area contributed by atoms with Crippen LogP contribution < -0.4 is 0 Å². The zero-order valence-electron chi connectivity index (χ0n) is 21.1. The lowest BCUT2D eigenvalue weighted by molar-refractivity contribution is 0.768. The molecule has 0 amide bonds. The first-order valence-electron chi connectivity index (χ1n) is 13.2. The summed E-state index contributed by atoms with van der Waals surface area (Å²) in [5.41, 5.74) is 9.57. The Bertz CT molecular complexity index is 1980. The Morgan fingerprint density at radius 3 is 1.77 bits per heavy atom. The zero-order chi connectivity index (χ0) is 26.0. The first kappa shape index (κ1) is 22.8. The summed E-state index contributed by atoms with van der Waals surface area (Å²) in [6.45, 7) is 0. The van der Waals surface area contributed by atoms with Gasteiger partial charge in [0.15, 0.2) is 0 Å². The van der Waals surface area contributed by atoms with Crippen LogP contribution in [-0.4, -0.2) is 0 Å². The van der Waals surface area contributed by atoms with Crippen LogP contribution in [0.4, 0.5) is 0 Å². The summed E-state index contributed by atoms with van der Waals surface area (Å²) in [6, 6.07) is 50.7. The van der Waals surface area contributed by atoms with E-state index >= 15 is 0 Å². The lowest BCUT2D eigenvalue weighted by Crippen LogP contribution is -2.28. The average molecular weight is 535 g/mol. The van der Waals surface area contributed by atoms with Crippen LogP contribution in [0.5, 0.6) is 0 Å². The van der Waals surface area contributed by atoms with Gasteiger partial charge in [-0.25, -0.2) is 0 Å². The molecule has 0 nitrogen and oxygen atoms in total.